The molecule has 1 heterocycles. The molecule has 0 spiro atoms. The van der Waals surface area contributed by atoms with Crippen molar-refractivity contribution in [2.45, 2.75) is 6.54 Å². The highest BCUT2D eigenvalue weighted by atomic mass is 79.9. The first-order valence-electron chi connectivity index (χ1n) is 4.30. The van der Waals surface area contributed by atoms with Gasteiger partial charge < -0.3 is 5.73 Å². The first-order valence-corrected chi connectivity index (χ1v) is 5.09. The SMILES string of the molecule is NCc1ccc(-n2cccn2)c(Br)c1. The molecule has 0 unspecified atom stereocenters. The average molecular weight is 252 g/mol. The molecule has 1 aromatic heterocycles. The van der Waals surface area contributed by atoms with Crippen LogP contribution in [-0.4, -0.2) is 9.78 Å². The van der Waals surface area contributed by atoms with E-state index in [0.29, 0.717) is 6.54 Å². The van der Waals surface area contributed by atoms with Gasteiger partial charge in [-0.25, -0.2) is 4.68 Å². The largest absolute Gasteiger partial charge is 0.326 e. The molecular formula is C10H10BrN3. The molecule has 0 saturated heterocycles. The second-order valence-corrected chi connectivity index (χ2v) is 3.79. The predicted octanol–water partition coefficient (Wildman–Crippen LogP) is 2.09. The smallest absolute Gasteiger partial charge is 0.0787 e. The maximum Gasteiger partial charge on any atom is 0.0787 e. The van der Waals surface area contributed by atoms with Gasteiger partial charge >= 0.3 is 0 Å². The zero-order chi connectivity index (χ0) is 9.97. The molecule has 0 aliphatic heterocycles. The van der Waals surface area contributed by atoms with Gasteiger partial charge in [-0.15, -0.1) is 0 Å². The van der Waals surface area contributed by atoms with Crippen LogP contribution in [0.5, 0.6) is 0 Å². The number of hydrogen-bond acceptors (Lipinski definition) is 2. The molecule has 0 atom stereocenters. The minimum Gasteiger partial charge on any atom is -0.326 e. The Morgan fingerprint density at radius 2 is 2.29 bits per heavy atom. The highest BCUT2D eigenvalue weighted by Gasteiger charge is 2.02. The lowest BCUT2D eigenvalue weighted by Crippen LogP contribution is -1.99. The number of nitrogens with zero attached hydrogens (tertiary/aromatic N) is 2. The fourth-order valence-corrected chi connectivity index (χ4v) is 1.88. The van der Waals surface area contributed by atoms with E-state index in [1.807, 2.05) is 35.1 Å². The lowest BCUT2D eigenvalue weighted by molar-refractivity contribution is 0.874. The Bertz CT molecular complexity index is 423. The van der Waals surface area contributed by atoms with Crippen molar-refractivity contribution in [2.75, 3.05) is 0 Å². The fourth-order valence-electron chi connectivity index (χ4n) is 1.27. The van der Waals surface area contributed by atoms with Crippen molar-refractivity contribution in [1.82, 2.24) is 9.78 Å². The van der Waals surface area contributed by atoms with E-state index in [-0.39, 0.29) is 0 Å². The number of benzene rings is 1. The van der Waals surface area contributed by atoms with Gasteiger partial charge in [0.2, 0.25) is 0 Å². The van der Waals surface area contributed by atoms with Crippen molar-refractivity contribution >= 4 is 15.9 Å². The molecule has 0 amide bonds. The van der Waals surface area contributed by atoms with Crippen LogP contribution in [0, 0.1) is 0 Å². The molecule has 2 N–H and O–H groups in total. The molecule has 0 bridgehead atoms. The molecule has 0 saturated carbocycles. The Morgan fingerprint density at radius 1 is 1.43 bits per heavy atom. The Morgan fingerprint density at radius 3 is 2.86 bits per heavy atom. The summed E-state index contributed by atoms with van der Waals surface area (Å²) in [6.07, 6.45) is 3.66. The summed E-state index contributed by atoms with van der Waals surface area (Å²) in [6.45, 7) is 0.554. The monoisotopic (exact) mass is 251 g/mol. The van der Waals surface area contributed by atoms with Crippen molar-refractivity contribution in [3.05, 3.63) is 46.7 Å². The summed E-state index contributed by atoms with van der Waals surface area (Å²) in [7, 11) is 0. The summed E-state index contributed by atoms with van der Waals surface area (Å²) in [5.74, 6) is 0. The molecule has 0 radical (unpaired) electrons. The van der Waals surface area contributed by atoms with Gasteiger partial charge in [0.25, 0.3) is 0 Å². The number of nitrogens with two attached hydrogens (primary N) is 1. The normalized spacial score (nSPS) is 10.4. The molecule has 0 aliphatic rings. The second kappa shape index (κ2) is 3.94. The number of halogens is 1. The Labute approximate surface area is 90.7 Å². The van der Waals surface area contributed by atoms with E-state index < -0.39 is 0 Å². The van der Waals surface area contributed by atoms with Crippen LogP contribution in [0.2, 0.25) is 0 Å². The van der Waals surface area contributed by atoms with Crippen molar-refractivity contribution in [3.8, 4) is 5.69 Å². The van der Waals surface area contributed by atoms with Crippen LogP contribution in [0.15, 0.2) is 41.1 Å². The minimum absolute atomic E-state index is 0.554. The highest BCUT2D eigenvalue weighted by molar-refractivity contribution is 9.10. The van der Waals surface area contributed by atoms with Crippen LogP contribution in [0.1, 0.15) is 5.56 Å². The van der Waals surface area contributed by atoms with Gasteiger partial charge in [-0.2, -0.15) is 5.10 Å². The number of hydrogen-bond donors (Lipinski definition) is 1. The fraction of sp³-hybridized carbons (Fsp3) is 0.100. The van der Waals surface area contributed by atoms with Gasteiger partial charge in [-0.1, -0.05) is 6.07 Å². The molecule has 4 heteroatoms. The van der Waals surface area contributed by atoms with Crippen LogP contribution in [0.4, 0.5) is 0 Å². The van der Waals surface area contributed by atoms with E-state index in [9.17, 15) is 0 Å². The summed E-state index contributed by atoms with van der Waals surface area (Å²) < 4.78 is 2.81. The van der Waals surface area contributed by atoms with Crippen LogP contribution >= 0.6 is 15.9 Å². The van der Waals surface area contributed by atoms with Crippen LogP contribution in [0.3, 0.4) is 0 Å². The van der Waals surface area contributed by atoms with E-state index in [2.05, 4.69) is 21.0 Å². The van der Waals surface area contributed by atoms with Gasteiger partial charge in [0.1, 0.15) is 0 Å². The zero-order valence-electron chi connectivity index (χ0n) is 7.52. The molecule has 0 aliphatic carbocycles. The Hall–Kier alpha value is -1.13. The molecule has 2 aromatic rings. The molecule has 0 fully saturated rings. The van der Waals surface area contributed by atoms with E-state index in [4.69, 9.17) is 5.73 Å². The predicted molar refractivity (Wildman–Crippen MR) is 59.2 cm³/mol. The van der Waals surface area contributed by atoms with E-state index >= 15 is 0 Å². The lowest BCUT2D eigenvalue weighted by Gasteiger charge is -2.05. The van der Waals surface area contributed by atoms with Gasteiger partial charge in [-0.05, 0) is 39.7 Å². The number of rotatable bonds is 2. The second-order valence-electron chi connectivity index (χ2n) is 2.94. The Kier molecular flexibility index (Phi) is 2.65. The van der Waals surface area contributed by atoms with Crippen LogP contribution in [-0.2, 0) is 6.54 Å². The van der Waals surface area contributed by atoms with Crippen molar-refractivity contribution < 1.29 is 0 Å². The topological polar surface area (TPSA) is 43.8 Å². The van der Waals surface area contributed by atoms with Crippen LogP contribution < -0.4 is 5.73 Å². The summed E-state index contributed by atoms with van der Waals surface area (Å²) in [6, 6.07) is 7.90. The average Bonchev–Trinajstić information content (AvgIpc) is 2.70. The third kappa shape index (κ3) is 1.71. The maximum absolute atomic E-state index is 5.54. The molecular weight excluding hydrogens is 242 g/mol. The summed E-state index contributed by atoms with van der Waals surface area (Å²) in [4.78, 5) is 0. The van der Waals surface area contributed by atoms with Crippen molar-refractivity contribution in [1.29, 1.82) is 0 Å². The quantitative estimate of drug-likeness (QED) is 0.889. The Balaban J connectivity index is 2.46. The van der Waals surface area contributed by atoms with Gasteiger partial charge in [-0.3, -0.25) is 0 Å². The summed E-state index contributed by atoms with van der Waals surface area (Å²) >= 11 is 3.49. The van der Waals surface area contributed by atoms with Crippen molar-refractivity contribution in [3.63, 3.8) is 0 Å². The van der Waals surface area contributed by atoms with E-state index in [1.165, 1.54) is 0 Å². The van der Waals surface area contributed by atoms with Crippen molar-refractivity contribution in [2.24, 2.45) is 5.73 Å². The zero-order valence-corrected chi connectivity index (χ0v) is 9.11. The molecule has 1 aromatic carbocycles. The van der Waals surface area contributed by atoms with Gasteiger partial charge in [0, 0.05) is 23.4 Å². The standard InChI is InChI=1S/C10H10BrN3/c11-9-6-8(7-12)2-3-10(9)14-5-1-4-13-14/h1-6H,7,12H2. The van der Waals surface area contributed by atoms with Gasteiger partial charge in [0.05, 0.1) is 5.69 Å². The minimum atomic E-state index is 0.554. The summed E-state index contributed by atoms with van der Waals surface area (Å²) in [5.41, 5.74) is 7.67. The lowest BCUT2D eigenvalue weighted by atomic mass is 10.2. The summed E-state index contributed by atoms with van der Waals surface area (Å²) in [5, 5.41) is 4.16. The van der Waals surface area contributed by atoms with E-state index in [1.54, 1.807) is 6.20 Å². The highest BCUT2D eigenvalue weighted by Crippen LogP contribution is 2.21. The third-order valence-electron chi connectivity index (χ3n) is 2.00. The molecule has 3 nitrogen and oxygen atoms in total. The molecule has 14 heavy (non-hydrogen) atoms. The molecule has 72 valence electrons. The van der Waals surface area contributed by atoms with Crippen LogP contribution in [0.25, 0.3) is 5.69 Å². The van der Waals surface area contributed by atoms with E-state index in [0.717, 1.165) is 15.7 Å². The first-order chi connectivity index (χ1) is 6.81. The maximum atomic E-state index is 5.54. The molecule has 2 rings (SSSR count). The first kappa shape index (κ1) is 9.43. The number of aromatic nitrogens is 2. The van der Waals surface area contributed by atoms with Gasteiger partial charge in [0.15, 0.2) is 0 Å². The third-order valence-corrected chi connectivity index (χ3v) is 2.63.